The lowest BCUT2D eigenvalue weighted by Gasteiger charge is -2.20. The molecule has 0 aromatic carbocycles. The van der Waals surface area contributed by atoms with Crippen LogP contribution >= 0.6 is 23.5 Å². The molecule has 0 spiro atoms. The highest BCUT2D eigenvalue weighted by Gasteiger charge is 2.44. The summed E-state index contributed by atoms with van der Waals surface area (Å²) in [6.07, 6.45) is -1.91. The maximum Gasteiger partial charge on any atom is 0.490 e. The summed E-state index contributed by atoms with van der Waals surface area (Å²) in [5.41, 5.74) is 8.26. The highest BCUT2D eigenvalue weighted by atomic mass is 31.3. The standard InChI is InChI=1S/C13H19N8O13P3/c1-6(2)19-32-7-3-9(21-5-15-10-11(21)16-13(18-20-14)17-12(10)22)31-8(7)4-30-36(26,27)34-37(28,29)33-35(23,24)25/h5,7-9H,3-4H2,1-2H3,(H,26,27)(H,28,29)(H,16,17,22)(H2,23,24,25)/t7?,8-,9-/m1/s1. The summed E-state index contributed by atoms with van der Waals surface area (Å²) in [6.45, 7) is 2.42. The van der Waals surface area contributed by atoms with Crippen LogP contribution < -0.4 is 5.56 Å². The number of aromatic nitrogens is 4. The van der Waals surface area contributed by atoms with Crippen LogP contribution in [-0.4, -0.2) is 63.6 Å². The van der Waals surface area contributed by atoms with Crippen molar-refractivity contribution in [1.29, 1.82) is 0 Å². The van der Waals surface area contributed by atoms with Gasteiger partial charge in [0, 0.05) is 11.3 Å². The number of H-pyrrole nitrogens is 1. The van der Waals surface area contributed by atoms with Crippen molar-refractivity contribution >= 4 is 46.3 Å². The van der Waals surface area contributed by atoms with E-state index < -0.39 is 54.1 Å². The molecule has 5 N–H and O–H groups in total. The van der Waals surface area contributed by atoms with Gasteiger partial charge in [-0.2, -0.15) is 8.62 Å². The Balaban J connectivity index is 1.82. The number of oxime groups is 1. The van der Waals surface area contributed by atoms with Crippen LogP contribution in [0.2, 0.25) is 0 Å². The summed E-state index contributed by atoms with van der Waals surface area (Å²) in [5.74, 6) is -0.344. The zero-order valence-corrected chi connectivity index (χ0v) is 21.3. The second-order valence-electron chi connectivity index (χ2n) is 7.34. The van der Waals surface area contributed by atoms with E-state index in [1.807, 2.05) is 0 Å². The van der Waals surface area contributed by atoms with Gasteiger partial charge in [0.1, 0.15) is 12.3 Å². The molecule has 1 aliphatic rings. The normalized spacial score (nSPS) is 23.1. The van der Waals surface area contributed by atoms with Crippen molar-refractivity contribution < 1.29 is 56.0 Å². The third kappa shape index (κ3) is 7.99. The van der Waals surface area contributed by atoms with Gasteiger partial charge in [-0.3, -0.25) is 13.9 Å². The molecule has 204 valence electrons. The van der Waals surface area contributed by atoms with E-state index in [1.54, 1.807) is 13.8 Å². The number of azide groups is 1. The Kier molecular flexibility index (Phi) is 8.71. The van der Waals surface area contributed by atoms with Gasteiger partial charge >= 0.3 is 23.5 Å². The van der Waals surface area contributed by atoms with E-state index in [4.69, 9.17) is 24.9 Å². The average molecular weight is 588 g/mol. The number of nitrogens with one attached hydrogen (secondary N) is 1. The number of fused-ring (bicyclic) bond motifs is 1. The first kappa shape index (κ1) is 29.1. The number of nitrogens with zero attached hydrogens (tertiary/aromatic N) is 7. The van der Waals surface area contributed by atoms with Gasteiger partial charge in [-0.15, -0.1) is 0 Å². The molecule has 0 aliphatic carbocycles. The van der Waals surface area contributed by atoms with Crippen molar-refractivity contribution in [3.05, 3.63) is 27.1 Å². The Morgan fingerprint density at radius 1 is 1.27 bits per heavy atom. The predicted octanol–water partition coefficient (Wildman–Crippen LogP) is 1.47. The highest BCUT2D eigenvalue weighted by Crippen LogP contribution is 2.66. The van der Waals surface area contributed by atoms with Crippen LogP contribution in [0.25, 0.3) is 21.6 Å². The Labute approximate surface area is 205 Å². The van der Waals surface area contributed by atoms with Gasteiger partial charge in [0.15, 0.2) is 23.2 Å². The van der Waals surface area contributed by atoms with Crippen molar-refractivity contribution in [2.45, 2.75) is 38.7 Å². The number of hydrogen-bond donors (Lipinski definition) is 5. The molecule has 3 rings (SSSR count). The van der Waals surface area contributed by atoms with Gasteiger partial charge in [-0.1, -0.05) is 5.16 Å². The molecule has 0 amide bonds. The van der Waals surface area contributed by atoms with Crippen LogP contribution in [-0.2, 0) is 36.4 Å². The van der Waals surface area contributed by atoms with Crippen molar-refractivity contribution in [1.82, 2.24) is 19.5 Å². The predicted molar refractivity (Wildman–Crippen MR) is 119 cm³/mol. The summed E-state index contributed by atoms with van der Waals surface area (Å²) in [7, 11) is -16.7. The van der Waals surface area contributed by atoms with Gasteiger partial charge in [-0.25, -0.2) is 23.7 Å². The fourth-order valence-electron chi connectivity index (χ4n) is 2.99. The number of aromatic amines is 1. The largest absolute Gasteiger partial charge is 0.490 e. The Bertz CT molecular complexity index is 1440. The molecule has 3 heterocycles. The number of rotatable bonds is 11. The van der Waals surface area contributed by atoms with E-state index in [0.717, 1.165) is 0 Å². The van der Waals surface area contributed by atoms with Crippen molar-refractivity contribution in [2.24, 2.45) is 10.3 Å². The van der Waals surface area contributed by atoms with Gasteiger partial charge in [0.25, 0.3) is 5.56 Å². The summed E-state index contributed by atoms with van der Waals surface area (Å²) in [4.78, 5) is 66.6. The fourth-order valence-corrected chi connectivity index (χ4v) is 6.02. The Hall–Kier alpha value is -2.50. The molecule has 0 saturated carbocycles. The van der Waals surface area contributed by atoms with Gasteiger partial charge in [0.05, 0.1) is 18.6 Å². The third-order valence-electron chi connectivity index (χ3n) is 4.24. The zero-order chi connectivity index (χ0) is 27.6. The number of ether oxygens (including phenoxy) is 1. The molecule has 0 radical (unpaired) electrons. The minimum Gasteiger partial charge on any atom is -0.389 e. The molecule has 37 heavy (non-hydrogen) atoms. The molecule has 2 aromatic heterocycles. The van der Waals surface area contributed by atoms with E-state index >= 15 is 0 Å². The first-order valence-electron chi connectivity index (χ1n) is 9.72. The molecule has 2 aromatic rings. The fraction of sp³-hybridized carbons (Fsp3) is 0.538. The van der Waals surface area contributed by atoms with Crippen LogP contribution in [0.5, 0.6) is 0 Å². The van der Waals surface area contributed by atoms with Crippen LogP contribution in [0.15, 0.2) is 21.4 Å². The van der Waals surface area contributed by atoms with Gasteiger partial charge in [-0.05, 0) is 24.5 Å². The molecule has 1 saturated heterocycles. The highest BCUT2D eigenvalue weighted by molar-refractivity contribution is 7.66. The van der Waals surface area contributed by atoms with E-state index in [9.17, 15) is 28.3 Å². The summed E-state index contributed by atoms with van der Waals surface area (Å²) in [6, 6.07) is 0. The minimum absolute atomic E-state index is 0.00199. The molecule has 3 unspecified atom stereocenters. The van der Waals surface area contributed by atoms with Crippen molar-refractivity contribution in [3.63, 3.8) is 0 Å². The SMILES string of the molecule is CC(C)=NOC1C[C@H](n2cnc3c(=O)[nH]c(N=[N+]=[N-])nc32)O[C@@H]1COP(=O)(O)OP(=O)(O)OP(=O)(O)O. The number of imidazole rings is 1. The van der Waals surface area contributed by atoms with Crippen LogP contribution in [0.3, 0.4) is 0 Å². The lowest BCUT2D eigenvalue weighted by molar-refractivity contribution is -0.0586. The molecule has 21 nitrogen and oxygen atoms in total. The van der Waals surface area contributed by atoms with Gasteiger partial charge < -0.3 is 34.1 Å². The van der Waals surface area contributed by atoms with E-state index in [0.29, 0.717) is 5.71 Å². The molecule has 5 atom stereocenters. The summed E-state index contributed by atoms with van der Waals surface area (Å²) < 4.78 is 53.4. The van der Waals surface area contributed by atoms with E-state index in [1.165, 1.54) is 10.9 Å². The maximum absolute atomic E-state index is 12.2. The second kappa shape index (κ2) is 11.1. The average Bonchev–Trinajstić information content (AvgIpc) is 3.32. The van der Waals surface area contributed by atoms with E-state index in [-0.39, 0.29) is 23.5 Å². The van der Waals surface area contributed by atoms with Crippen LogP contribution in [0.1, 0.15) is 26.5 Å². The topological polar surface area (TPSA) is 303 Å². The lowest BCUT2D eigenvalue weighted by Crippen LogP contribution is -2.28. The zero-order valence-electron chi connectivity index (χ0n) is 18.7. The summed E-state index contributed by atoms with van der Waals surface area (Å²) >= 11 is 0. The first-order valence-corrected chi connectivity index (χ1v) is 14.2. The monoisotopic (exact) mass is 588 g/mol. The van der Waals surface area contributed by atoms with Crippen molar-refractivity contribution in [3.8, 4) is 0 Å². The second-order valence-corrected chi connectivity index (χ2v) is 11.8. The van der Waals surface area contributed by atoms with Crippen LogP contribution in [0.4, 0.5) is 5.95 Å². The first-order chi connectivity index (χ1) is 17.1. The Morgan fingerprint density at radius 2 is 1.97 bits per heavy atom. The van der Waals surface area contributed by atoms with Crippen molar-refractivity contribution in [2.75, 3.05) is 6.61 Å². The lowest BCUT2D eigenvalue weighted by atomic mass is 10.2. The minimum atomic E-state index is -5.71. The molecule has 1 fully saturated rings. The molecule has 24 heteroatoms. The Morgan fingerprint density at radius 3 is 2.59 bits per heavy atom. The quantitative estimate of drug-likeness (QED) is 0.0620. The molecular formula is C13H19N8O13P3. The smallest absolute Gasteiger partial charge is 0.389 e. The maximum atomic E-state index is 12.2. The number of hydrogen-bond acceptors (Lipinski definition) is 13. The number of phosphoric acid groups is 3. The third-order valence-corrected chi connectivity index (χ3v) is 8.04. The molecule has 1 aliphatic heterocycles. The summed E-state index contributed by atoms with van der Waals surface area (Å²) in [5, 5.41) is 7.05. The molecule has 0 bridgehead atoms. The van der Waals surface area contributed by atoms with Crippen LogP contribution in [0, 0.1) is 0 Å². The number of phosphoric ester groups is 1. The van der Waals surface area contributed by atoms with Gasteiger partial charge in [0.2, 0.25) is 0 Å². The molecular weight excluding hydrogens is 569 g/mol. The van der Waals surface area contributed by atoms with E-state index in [2.05, 4.69) is 43.3 Å².